The molecule has 1 aromatic heterocycles. The Bertz CT molecular complexity index is 533. The summed E-state index contributed by atoms with van der Waals surface area (Å²) >= 11 is 0. The van der Waals surface area contributed by atoms with Gasteiger partial charge in [-0.05, 0) is 32.1 Å². The van der Waals surface area contributed by atoms with Gasteiger partial charge in [-0.1, -0.05) is 12.1 Å². The lowest BCUT2D eigenvalue weighted by atomic mass is 10.2. The maximum atomic E-state index is 12.0. The van der Waals surface area contributed by atoms with Gasteiger partial charge in [-0.25, -0.2) is 4.98 Å². The molecule has 16 heavy (non-hydrogen) atoms. The number of nitrogens with zero attached hydrogens (tertiary/aromatic N) is 2. The topological polar surface area (TPSA) is 46.9 Å². The van der Waals surface area contributed by atoms with E-state index in [1.165, 1.54) is 0 Å². The fourth-order valence-electron chi connectivity index (χ4n) is 1.69. The summed E-state index contributed by atoms with van der Waals surface area (Å²) in [4.78, 5) is 16.3. The molecule has 1 aromatic carbocycles. The van der Waals surface area contributed by atoms with Gasteiger partial charge in [0.2, 0.25) is 0 Å². The average Bonchev–Trinajstić information content (AvgIpc) is 2.33. The molecule has 0 bridgehead atoms. The number of benzene rings is 1. The second-order valence-corrected chi connectivity index (χ2v) is 3.72. The molecule has 1 N–H and O–H groups in total. The Balaban J connectivity index is 2.33. The van der Waals surface area contributed by atoms with E-state index < -0.39 is 0 Å². The van der Waals surface area contributed by atoms with Gasteiger partial charge in [-0.15, -0.1) is 0 Å². The first-order valence-electron chi connectivity index (χ1n) is 5.41. The Morgan fingerprint density at radius 1 is 1.38 bits per heavy atom. The van der Waals surface area contributed by atoms with Gasteiger partial charge in [0.05, 0.1) is 17.2 Å². The summed E-state index contributed by atoms with van der Waals surface area (Å²) in [6.07, 6.45) is 2.55. The number of aromatic nitrogens is 2. The first kappa shape index (κ1) is 10.8. The minimum atomic E-state index is 0.0432. The summed E-state index contributed by atoms with van der Waals surface area (Å²) in [5, 5.41) is 3.75. The van der Waals surface area contributed by atoms with Crippen LogP contribution in [0.25, 0.3) is 10.9 Å². The molecule has 1 heterocycles. The Hall–Kier alpha value is -1.68. The summed E-state index contributed by atoms with van der Waals surface area (Å²) < 4.78 is 1.67. The van der Waals surface area contributed by atoms with Crippen molar-refractivity contribution in [2.24, 2.45) is 0 Å². The van der Waals surface area contributed by atoms with Crippen molar-refractivity contribution < 1.29 is 0 Å². The van der Waals surface area contributed by atoms with E-state index in [4.69, 9.17) is 0 Å². The first-order valence-corrected chi connectivity index (χ1v) is 5.41. The highest BCUT2D eigenvalue weighted by molar-refractivity contribution is 5.76. The van der Waals surface area contributed by atoms with Gasteiger partial charge >= 0.3 is 0 Å². The Kier molecular flexibility index (Phi) is 3.31. The SMILES string of the molecule is CNCCCn1cnc2ccccc2c1=O. The van der Waals surface area contributed by atoms with E-state index >= 15 is 0 Å². The van der Waals surface area contributed by atoms with Crippen molar-refractivity contribution in [2.75, 3.05) is 13.6 Å². The van der Waals surface area contributed by atoms with E-state index in [0.29, 0.717) is 11.9 Å². The third kappa shape index (κ3) is 2.12. The van der Waals surface area contributed by atoms with Gasteiger partial charge in [-0.3, -0.25) is 9.36 Å². The lowest BCUT2D eigenvalue weighted by molar-refractivity contribution is 0.594. The molecule has 0 saturated carbocycles. The Morgan fingerprint density at radius 3 is 3.00 bits per heavy atom. The summed E-state index contributed by atoms with van der Waals surface area (Å²) in [6, 6.07) is 7.43. The number of para-hydroxylation sites is 1. The van der Waals surface area contributed by atoms with Crippen LogP contribution in [0.5, 0.6) is 0 Å². The van der Waals surface area contributed by atoms with Gasteiger partial charge < -0.3 is 5.32 Å². The fraction of sp³-hybridized carbons (Fsp3) is 0.333. The zero-order valence-electron chi connectivity index (χ0n) is 9.31. The van der Waals surface area contributed by atoms with E-state index in [0.717, 1.165) is 18.5 Å². The maximum absolute atomic E-state index is 12.0. The van der Waals surface area contributed by atoms with Crippen molar-refractivity contribution in [2.45, 2.75) is 13.0 Å². The summed E-state index contributed by atoms with van der Waals surface area (Å²) in [5.41, 5.74) is 0.805. The molecule has 0 spiro atoms. The second kappa shape index (κ2) is 4.90. The van der Waals surface area contributed by atoms with E-state index in [-0.39, 0.29) is 5.56 Å². The molecule has 0 amide bonds. The van der Waals surface area contributed by atoms with Gasteiger partial charge in [0.15, 0.2) is 0 Å². The first-order chi connectivity index (χ1) is 7.83. The molecule has 0 aliphatic heterocycles. The number of hydrogen-bond donors (Lipinski definition) is 1. The molecule has 0 aliphatic carbocycles. The lowest BCUT2D eigenvalue weighted by Crippen LogP contribution is -2.22. The van der Waals surface area contributed by atoms with Gasteiger partial charge in [0.25, 0.3) is 5.56 Å². The lowest BCUT2D eigenvalue weighted by Gasteiger charge is -2.05. The molecule has 0 atom stereocenters. The van der Waals surface area contributed by atoms with Gasteiger partial charge in [0.1, 0.15) is 0 Å². The normalized spacial score (nSPS) is 10.8. The molecular weight excluding hydrogens is 202 g/mol. The Morgan fingerprint density at radius 2 is 2.19 bits per heavy atom. The van der Waals surface area contributed by atoms with Crippen molar-refractivity contribution in [1.82, 2.24) is 14.9 Å². The van der Waals surface area contributed by atoms with E-state index in [1.54, 1.807) is 10.9 Å². The van der Waals surface area contributed by atoms with Crippen LogP contribution in [0.2, 0.25) is 0 Å². The van der Waals surface area contributed by atoms with Crippen LogP contribution in [-0.2, 0) is 6.54 Å². The molecular formula is C12H15N3O. The molecule has 2 rings (SSSR count). The minimum Gasteiger partial charge on any atom is -0.320 e. The predicted octanol–water partition coefficient (Wildman–Crippen LogP) is 1.01. The highest BCUT2D eigenvalue weighted by Crippen LogP contribution is 2.04. The van der Waals surface area contributed by atoms with E-state index in [2.05, 4.69) is 10.3 Å². The number of rotatable bonds is 4. The van der Waals surface area contributed by atoms with Crippen molar-refractivity contribution in [3.05, 3.63) is 40.9 Å². The second-order valence-electron chi connectivity index (χ2n) is 3.72. The monoisotopic (exact) mass is 217 g/mol. The number of nitrogens with one attached hydrogen (secondary N) is 1. The van der Waals surface area contributed by atoms with Crippen LogP contribution in [0.15, 0.2) is 35.4 Å². The zero-order valence-corrected chi connectivity index (χ0v) is 9.31. The standard InChI is InChI=1S/C12H15N3O/c1-13-7-4-8-15-9-14-11-6-3-2-5-10(11)12(15)16/h2-3,5-6,9,13H,4,7-8H2,1H3. The molecule has 4 nitrogen and oxygen atoms in total. The molecule has 84 valence electrons. The Labute approximate surface area is 93.9 Å². The van der Waals surface area contributed by atoms with Crippen LogP contribution in [0.1, 0.15) is 6.42 Å². The third-order valence-electron chi connectivity index (χ3n) is 2.56. The molecule has 2 aromatic rings. The minimum absolute atomic E-state index is 0.0432. The van der Waals surface area contributed by atoms with Crippen LogP contribution in [-0.4, -0.2) is 23.1 Å². The summed E-state index contributed by atoms with van der Waals surface area (Å²) in [6.45, 7) is 1.61. The van der Waals surface area contributed by atoms with Crippen LogP contribution >= 0.6 is 0 Å². The average molecular weight is 217 g/mol. The van der Waals surface area contributed by atoms with Gasteiger partial charge in [-0.2, -0.15) is 0 Å². The van der Waals surface area contributed by atoms with Crippen LogP contribution < -0.4 is 10.9 Å². The highest BCUT2D eigenvalue weighted by atomic mass is 16.1. The molecule has 0 aliphatic rings. The van der Waals surface area contributed by atoms with E-state index in [1.807, 2.05) is 31.3 Å². The van der Waals surface area contributed by atoms with Gasteiger partial charge in [0, 0.05) is 6.54 Å². The molecule has 0 unspecified atom stereocenters. The quantitative estimate of drug-likeness (QED) is 0.777. The van der Waals surface area contributed by atoms with Crippen molar-refractivity contribution in [3.63, 3.8) is 0 Å². The molecule has 0 radical (unpaired) electrons. The summed E-state index contributed by atoms with van der Waals surface area (Å²) in [7, 11) is 1.90. The van der Waals surface area contributed by atoms with Crippen molar-refractivity contribution in [3.8, 4) is 0 Å². The van der Waals surface area contributed by atoms with Crippen LogP contribution in [0.3, 0.4) is 0 Å². The smallest absolute Gasteiger partial charge is 0.261 e. The van der Waals surface area contributed by atoms with Crippen molar-refractivity contribution >= 4 is 10.9 Å². The third-order valence-corrected chi connectivity index (χ3v) is 2.56. The number of hydrogen-bond acceptors (Lipinski definition) is 3. The number of fused-ring (bicyclic) bond motifs is 1. The summed E-state index contributed by atoms with van der Waals surface area (Å²) in [5.74, 6) is 0. The molecule has 0 saturated heterocycles. The molecule has 4 heteroatoms. The van der Waals surface area contributed by atoms with Crippen LogP contribution in [0, 0.1) is 0 Å². The zero-order chi connectivity index (χ0) is 11.4. The van der Waals surface area contributed by atoms with E-state index in [9.17, 15) is 4.79 Å². The number of aryl methyl sites for hydroxylation is 1. The fourth-order valence-corrected chi connectivity index (χ4v) is 1.69. The molecule has 0 fully saturated rings. The van der Waals surface area contributed by atoms with Crippen molar-refractivity contribution in [1.29, 1.82) is 0 Å². The predicted molar refractivity (Wildman–Crippen MR) is 64.5 cm³/mol. The maximum Gasteiger partial charge on any atom is 0.261 e. The highest BCUT2D eigenvalue weighted by Gasteiger charge is 2.02. The van der Waals surface area contributed by atoms with Crippen LogP contribution in [0.4, 0.5) is 0 Å². The largest absolute Gasteiger partial charge is 0.320 e.